The van der Waals surface area contributed by atoms with E-state index >= 15 is 0 Å². The SMILES string of the molecule is O=C(Nn1ccc2c(nnc3c(-c4ccccc4)cnn32)c1=O)c1cccnc1. The van der Waals surface area contributed by atoms with Crippen molar-refractivity contribution < 1.29 is 4.79 Å². The molecule has 9 heteroatoms. The molecule has 5 rings (SSSR count). The molecule has 29 heavy (non-hydrogen) atoms. The minimum Gasteiger partial charge on any atom is -0.267 e. The summed E-state index contributed by atoms with van der Waals surface area (Å²) < 4.78 is 2.64. The number of rotatable bonds is 3. The van der Waals surface area contributed by atoms with Crippen molar-refractivity contribution in [2.24, 2.45) is 0 Å². The Morgan fingerprint density at radius 3 is 2.62 bits per heavy atom. The van der Waals surface area contributed by atoms with Crippen molar-refractivity contribution in [3.8, 4) is 11.1 Å². The second kappa shape index (κ2) is 6.64. The Morgan fingerprint density at radius 1 is 0.966 bits per heavy atom. The maximum Gasteiger partial charge on any atom is 0.299 e. The molecule has 1 amide bonds. The average Bonchev–Trinajstić information content (AvgIpc) is 3.21. The van der Waals surface area contributed by atoms with Crippen LogP contribution in [0.3, 0.4) is 0 Å². The van der Waals surface area contributed by atoms with Crippen LogP contribution in [-0.4, -0.2) is 35.4 Å². The minimum atomic E-state index is -0.508. The number of aromatic nitrogens is 6. The van der Waals surface area contributed by atoms with Gasteiger partial charge in [-0.05, 0) is 23.8 Å². The van der Waals surface area contributed by atoms with Crippen molar-refractivity contribution >= 4 is 22.6 Å². The Morgan fingerprint density at radius 2 is 1.83 bits per heavy atom. The van der Waals surface area contributed by atoms with E-state index in [9.17, 15) is 9.59 Å². The fraction of sp³-hybridized carbons (Fsp3) is 0. The zero-order valence-electron chi connectivity index (χ0n) is 14.9. The summed E-state index contributed by atoms with van der Waals surface area (Å²) in [5.74, 6) is -0.459. The summed E-state index contributed by atoms with van der Waals surface area (Å²) in [6.07, 6.45) is 6.13. The van der Waals surface area contributed by atoms with E-state index in [0.717, 1.165) is 15.8 Å². The van der Waals surface area contributed by atoms with Crippen LogP contribution in [0.25, 0.3) is 27.8 Å². The Hall–Kier alpha value is -4.40. The van der Waals surface area contributed by atoms with Gasteiger partial charge in [0.05, 0.1) is 11.8 Å². The summed E-state index contributed by atoms with van der Waals surface area (Å²) in [5.41, 5.74) is 5.25. The standard InChI is InChI=1S/C20H13N7O2/c28-19(14-7-4-9-21-11-14)25-26-10-8-16-17(20(26)29)23-24-18-15(12-22-27(16)18)13-5-2-1-3-6-13/h1-12H,(H,25,28). The predicted octanol–water partition coefficient (Wildman–Crippen LogP) is 1.89. The smallest absolute Gasteiger partial charge is 0.267 e. The number of nitrogens with one attached hydrogen (secondary N) is 1. The maximum absolute atomic E-state index is 12.8. The monoisotopic (exact) mass is 383 g/mol. The molecule has 0 unspecified atom stereocenters. The third kappa shape index (κ3) is 2.81. The molecule has 0 atom stereocenters. The lowest BCUT2D eigenvalue weighted by molar-refractivity contribution is 0.101. The molecule has 0 spiro atoms. The van der Waals surface area contributed by atoms with E-state index in [1.807, 2.05) is 30.3 Å². The van der Waals surface area contributed by atoms with Gasteiger partial charge >= 0.3 is 0 Å². The number of fused-ring (bicyclic) bond motifs is 3. The van der Waals surface area contributed by atoms with Gasteiger partial charge in [0.2, 0.25) is 0 Å². The van der Waals surface area contributed by atoms with Crippen LogP contribution < -0.4 is 11.0 Å². The first kappa shape index (κ1) is 16.8. The van der Waals surface area contributed by atoms with Crippen LogP contribution >= 0.6 is 0 Å². The summed E-state index contributed by atoms with van der Waals surface area (Å²) in [5, 5.41) is 12.7. The normalized spacial score (nSPS) is 11.0. The number of hydrogen-bond donors (Lipinski definition) is 1. The van der Waals surface area contributed by atoms with E-state index in [4.69, 9.17) is 0 Å². The Labute approximate surface area is 163 Å². The molecular weight excluding hydrogens is 370 g/mol. The van der Waals surface area contributed by atoms with Gasteiger partial charge in [-0.25, -0.2) is 9.19 Å². The van der Waals surface area contributed by atoms with E-state index in [2.05, 4.69) is 25.7 Å². The fourth-order valence-corrected chi connectivity index (χ4v) is 3.07. The molecule has 4 aromatic heterocycles. The minimum absolute atomic E-state index is 0.0919. The first-order valence-electron chi connectivity index (χ1n) is 8.75. The van der Waals surface area contributed by atoms with Crippen LogP contribution in [0.2, 0.25) is 0 Å². The average molecular weight is 383 g/mol. The topological polar surface area (TPSA) is 107 Å². The van der Waals surface area contributed by atoms with Gasteiger partial charge in [-0.2, -0.15) is 5.10 Å². The van der Waals surface area contributed by atoms with Gasteiger partial charge in [0.25, 0.3) is 11.5 Å². The fourth-order valence-electron chi connectivity index (χ4n) is 3.07. The van der Waals surface area contributed by atoms with Crippen LogP contribution in [0, 0.1) is 0 Å². The van der Waals surface area contributed by atoms with Crippen LogP contribution in [0.15, 0.2) is 78.1 Å². The van der Waals surface area contributed by atoms with Crippen molar-refractivity contribution in [2.75, 3.05) is 5.43 Å². The summed E-state index contributed by atoms with van der Waals surface area (Å²) >= 11 is 0. The van der Waals surface area contributed by atoms with Gasteiger partial charge in [0, 0.05) is 24.2 Å². The van der Waals surface area contributed by atoms with Crippen molar-refractivity contribution in [2.45, 2.75) is 0 Å². The lowest BCUT2D eigenvalue weighted by Gasteiger charge is -2.09. The van der Waals surface area contributed by atoms with Gasteiger partial charge in [0.1, 0.15) is 5.52 Å². The maximum atomic E-state index is 12.8. The van der Waals surface area contributed by atoms with Gasteiger partial charge < -0.3 is 0 Å². The van der Waals surface area contributed by atoms with Crippen LogP contribution in [0.5, 0.6) is 0 Å². The molecule has 140 valence electrons. The Bertz CT molecular complexity index is 1410. The number of pyridine rings is 2. The molecule has 0 aliphatic heterocycles. The molecule has 9 nitrogen and oxygen atoms in total. The molecule has 1 N–H and O–H groups in total. The van der Waals surface area contributed by atoms with Crippen molar-refractivity contribution in [1.82, 2.24) is 29.5 Å². The number of amides is 1. The quantitative estimate of drug-likeness (QED) is 0.510. The number of hydrogen-bond acceptors (Lipinski definition) is 6. The van der Waals surface area contributed by atoms with Crippen molar-refractivity contribution in [1.29, 1.82) is 0 Å². The molecule has 0 fully saturated rings. The number of benzene rings is 1. The highest BCUT2D eigenvalue weighted by molar-refractivity contribution is 5.99. The van der Waals surface area contributed by atoms with Crippen molar-refractivity contribution in [3.05, 3.63) is 89.2 Å². The van der Waals surface area contributed by atoms with E-state index in [1.165, 1.54) is 12.4 Å². The summed E-state index contributed by atoms with van der Waals surface area (Å²) in [6.45, 7) is 0. The van der Waals surface area contributed by atoms with Crippen LogP contribution in [-0.2, 0) is 0 Å². The largest absolute Gasteiger partial charge is 0.299 e. The second-order valence-corrected chi connectivity index (χ2v) is 6.27. The molecule has 1 aromatic carbocycles. The molecule has 0 aliphatic rings. The number of carbonyl (C=O) groups is 1. The van der Waals surface area contributed by atoms with Crippen LogP contribution in [0.4, 0.5) is 0 Å². The molecular formula is C20H13N7O2. The summed E-state index contributed by atoms with van der Waals surface area (Å²) in [4.78, 5) is 29.0. The Kier molecular flexibility index (Phi) is 3.84. The van der Waals surface area contributed by atoms with Gasteiger partial charge in [-0.3, -0.25) is 20.0 Å². The molecule has 0 saturated heterocycles. The third-order valence-corrected chi connectivity index (χ3v) is 4.49. The van der Waals surface area contributed by atoms with Crippen molar-refractivity contribution in [3.63, 3.8) is 0 Å². The molecule has 4 heterocycles. The third-order valence-electron chi connectivity index (χ3n) is 4.49. The summed E-state index contributed by atoms with van der Waals surface area (Å²) in [6, 6.07) is 14.6. The van der Waals surface area contributed by atoms with E-state index in [1.54, 1.807) is 35.1 Å². The molecule has 5 aromatic rings. The molecule has 0 saturated carbocycles. The highest BCUT2D eigenvalue weighted by Gasteiger charge is 2.15. The van der Waals surface area contributed by atoms with E-state index in [0.29, 0.717) is 16.7 Å². The zero-order chi connectivity index (χ0) is 19.8. The summed E-state index contributed by atoms with van der Waals surface area (Å²) in [7, 11) is 0. The van der Waals surface area contributed by atoms with Crippen LogP contribution in [0.1, 0.15) is 10.4 Å². The number of nitrogens with zero attached hydrogens (tertiary/aromatic N) is 6. The van der Waals surface area contributed by atoms with E-state index < -0.39 is 11.5 Å². The van der Waals surface area contributed by atoms with Gasteiger partial charge in [-0.1, -0.05) is 30.3 Å². The highest BCUT2D eigenvalue weighted by atomic mass is 16.2. The van der Waals surface area contributed by atoms with Gasteiger partial charge in [0.15, 0.2) is 11.2 Å². The Balaban J connectivity index is 1.59. The first-order chi connectivity index (χ1) is 14.2. The lowest BCUT2D eigenvalue weighted by Crippen LogP contribution is -2.33. The molecule has 0 radical (unpaired) electrons. The van der Waals surface area contributed by atoms with Gasteiger partial charge in [-0.15, -0.1) is 10.2 Å². The lowest BCUT2D eigenvalue weighted by atomic mass is 10.1. The predicted molar refractivity (Wildman–Crippen MR) is 106 cm³/mol. The first-order valence-corrected chi connectivity index (χ1v) is 8.75. The zero-order valence-corrected chi connectivity index (χ0v) is 14.9. The molecule has 0 aliphatic carbocycles. The second-order valence-electron chi connectivity index (χ2n) is 6.27. The highest BCUT2D eigenvalue weighted by Crippen LogP contribution is 2.23. The number of carbonyl (C=O) groups excluding carboxylic acids is 1. The van der Waals surface area contributed by atoms with E-state index in [-0.39, 0.29) is 5.52 Å². The molecule has 0 bridgehead atoms.